The van der Waals surface area contributed by atoms with E-state index in [0.29, 0.717) is 12.5 Å². The van der Waals surface area contributed by atoms with Crippen molar-refractivity contribution in [1.29, 1.82) is 0 Å². The molecule has 0 aliphatic carbocycles. The number of nitrogens with zero attached hydrogens (tertiary/aromatic N) is 2. The van der Waals surface area contributed by atoms with Crippen molar-refractivity contribution in [2.24, 2.45) is 0 Å². The number of ketones is 1. The largest absolute Gasteiger partial charge is 0.300 e. The predicted octanol–water partition coefficient (Wildman–Crippen LogP) is 1.99. The summed E-state index contributed by atoms with van der Waals surface area (Å²) in [6.45, 7) is 5.79. The summed E-state index contributed by atoms with van der Waals surface area (Å²) in [5, 5.41) is 4.20. The molecule has 1 aromatic heterocycles. The third kappa shape index (κ3) is 3.01. The van der Waals surface area contributed by atoms with E-state index in [0.717, 1.165) is 12.0 Å². The summed E-state index contributed by atoms with van der Waals surface area (Å²) < 4.78 is 1.91. The fourth-order valence-electron chi connectivity index (χ4n) is 1.11. The summed E-state index contributed by atoms with van der Waals surface area (Å²) in [5.74, 6) is 0.234. The SMILES string of the molecule is CC(=O)CCc1cnn(C(C)C)c1. The molecule has 0 N–H and O–H groups in total. The number of rotatable bonds is 4. The number of aromatic nitrogens is 2. The monoisotopic (exact) mass is 180 g/mol. The van der Waals surface area contributed by atoms with Crippen molar-refractivity contribution in [1.82, 2.24) is 9.78 Å². The molecular weight excluding hydrogens is 164 g/mol. The molecule has 0 atom stereocenters. The highest BCUT2D eigenvalue weighted by Crippen LogP contribution is 2.07. The van der Waals surface area contributed by atoms with Crippen LogP contribution < -0.4 is 0 Å². The smallest absolute Gasteiger partial charge is 0.130 e. The second-order valence-electron chi connectivity index (χ2n) is 3.62. The maximum absolute atomic E-state index is 10.7. The zero-order chi connectivity index (χ0) is 9.84. The van der Waals surface area contributed by atoms with Crippen molar-refractivity contribution < 1.29 is 4.79 Å². The van der Waals surface area contributed by atoms with Gasteiger partial charge in [0.1, 0.15) is 5.78 Å². The van der Waals surface area contributed by atoms with Crippen LogP contribution in [-0.4, -0.2) is 15.6 Å². The van der Waals surface area contributed by atoms with Crippen LogP contribution in [0.4, 0.5) is 0 Å². The lowest BCUT2D eigenvalue weighted by Crippen LogP contribution is -2.00. The van der Waals surface area contributed by atoms with Crippen molar-refractivity contribution >= 4 is 5.78 Å². The molecule has 3 heteroatoms. The minimum atomic E-state index is 0.234. The number of hydrogen-bond donors (Lipinski definition) is 0. The Hall–Kier alpha value is -1.12. The quantitative estimate of drug-likeness (QED) is 0.710. The first-order chi connectivity index (χ1) is 6.09. The van der Waals surface area contributed by atoms with Crippen LogP contribution >= 0.6 is 0 Å². The van der Waals surface area contributed by atoms with Crippen LogP contribution in [0.15, 0.2) is 12.4 Å². The highest BCUT2D eigenvalue weighted by atomic mass is 16.1. The molecule has 1 rings (SSSR count). The highest BCUT2D eigenvalue weighted by molar-refractivity contribution is 5.75. The van der Waals surface area contributed by atoms with Crippen LogP contribution in [-0.2, 0) is 11.2 Å². The predicted molar refractivity (Wildman–Crippen MR) is 51.6 cm³/mol. The van der Waals surface area contributed by atoms with Gasteiger partial charge in [0.05, 0.1) is 6.20 Å². The standard InChI is InChI=1S/C10H16N2O/c1-8(2)12-7-10(6-11-12)5-4-9(3)13/h6-8H,4-5H2,1-3H3. The Bertz CT molecular complexity index is 289. The first kappa shape index (κ1) is 9.96. The average Bonchev–Trinajstić information content (AvgIpc) is 2.48. The zero-order valence-corrected chi connectivity index (χ0v) is 8.45. The van der Waals surface area contributed by atoms with Crippen molar-refractivity contribution in [3.8, 4) is 0 Å². The van der Waals surface area contributed by atoms with Crippen LogP contribution in [0.3, 0.4) is 0 Å². The van der Waals surface area contributed by atoms with Crippen LogP contribution in [0, 0.1) is 0 Å². The first-order valence-corrected chi connectivity index (χ1v) is 4.62. The lowest BCUT2D eigenvalue weighted by Gasteiger charge is -2.02. The lowest BCUT2D eigenvalue weighted by atomic mass is 10.1. The van der Waals surface area contributed by atoms with Gasteiger partial charge in [0, 0.05) is 18.7 Å². The third-order valence-electron chi connectivity index (χ3n) is 1.95. The summed E-state index contributed by atoms with van der Waals surface area (Å²) in [6.07, 6.45) is 5.27. The molecule has 0 unspecified atom stereocenters. The molecule has 0 aliphatic heterocycles. The van der Waals surface area contributed by atoms with E-state index in [1.165, 1.54) is 0 Å². The van der Waals surface area contributed by atoms with Crippen molar-refractivity contribution in [3.63, 3.8) is 0 Å². The van der Waals surface area contributed by atoms with E-state index in [1.807, 2.05) is 17.1 Å². The van der Waals surface area contributed by atoms with E-state index < -0.39 is 0 Å². The van der Waals surface area contributed by atoms with Crippen molar-refractivity contribution in [2.45, 2.75) is 39.7 Å². The topological polar surface area (TPSA) is 34.9 Å². The van der Waals surface area contributed by atoms with Gasteiger partial charge in [0.15, 0.2) is 0 Å². The number of carbonyl (C=O) groups is 1. The maximum atomic E-state index is 10.7. The Labute approximate surface area is 78.8 Å². The summed E-state index contributed by atoms with van der Waals surface area (Å²) >= 11 is 0. The second-order valence-corrected chi connectivity index (χ2v) is 3.62. The normalized spacial score (nSPS) is 10.8. The fraction of sp³-hybridized carbons (Fsp3) is 0.600. The Morgan fingerprint density at radius 2 is 2.31 bits per heavy atom. The second kappa shape index (κ2) is 4.21. The Kier molecular flexibility index (Phi) is 3.23. The van der Waals surface area contributed by atoms with E-state index in [-0.39, 0.29) is 5.78 Å². The molecule has 72 valence electrons. The Morgan fingerprint density at radius 3 is 2.77 bits per heavy atom. The van der Waals surface area contributed by atoms with Gasteiger partial charge in [-0.3, -0.25) is 4.68 Å². The van der Waals surface area contributed by atoms with Gasteiger partial charge in [0.2, 0.25) is 0 Å². The fourth-order valence-corrected chi connectivity index (χ4v) is 1.11. The zero-order valence-electron chi connectivity index (χ0n) is 8.45. The molecule has 0 bridgehead atoms. The number of carbonyl (C=O) groups excluding carboxylic acids is 1. The van der Waals surface area contributed by atoms with Crippen LogP contribution in [0.25, 0.3) is 0 Å². The van der Waals surface area contributed by atoms with Crippen LogP contribution in [0.5, 0.6) is 0 Å². The van der Waals surface area contributed by atoms with Gasteiger partial charge in [-0.05, 0) is 32.8 Å². The molecule has 0 amide bonds. The Morgan fingerprint density at radius 1 is 1.62 bits per heavy atom. The summed E-state index contributed by atoms with van der Waals surface area (Å²) in [4.78, 5) is 10.7. The van der Waals surface area contributed by atoms with Gasteiger partial charge >= 0.3 is 0 Å². The number of Topliss-reactive ketones (excluding diaryl/α,β-unsaturated/α-hetero) is 1. The van der Waals surface area contributed by atoms with Gasteiger partial charge in [-0.2, -0.15) is 5.10 Å². The molecule has 1 heterocycles. The maximum Gasteiger partial charge on any atom is 0.130 e. The average molecular weight is 180 g/mol. The molecule has 13 heavy (non-hydrogen) atoms. The summed E-state index contributed by atoms with van der Waals surface area (Å²) in [6, 6.07) is 0.395. The first-order valence-electron chi connectivity index (χ1n) is 4.62. The molecule has 0 saturated carbocycles. The molecule has 0 radical (unpaired) electrons. The molecule has 0 fully saturated rings. The molecule has 1 aromatic rings. The Balaban J connectivity index is 2.54. The van der Waals surface area contributed by atoms with E-state index in [2.05, 4.69) is 18.9 Å². The molecule has 0 spiro atoms. The molecule has 0 aromatic carbocycles. The molecule has 0 saturated heterocycles. The van der Waals surface area contributed by atoms with Gasteiger partial charge in [-0.25, -0.2) is 0 Å². The molecular formula is C10H16N2O. The van der Waals surface area contributed by atoms with Crippen LogP contribution in [0.1, 0.15) is 38.8 Å². The molecule has 0 aliphatic rings. The lowest BCUT2D eigenvalue weighted by molar-refractivity contribution is -0.116. The minimum absolute atomic E-state index is 0.234. The molecule has 3 nitrogen and oxygen atoms in total. The van der Waals surface area contributed by atoms with E-state index in [4.69, 9.17) is 0 Å². The van der Waals surface area contributed by atoms with Gasteiger partial charge in [-0.1, -0.05) is 0 Å². The summed E-state index contributed by atoms with van der Waals surface area (Å²) in [5.41, 5.74) is 1.14. The van der Waals surface area contributed by atoms with E-state index >= 15 is 0 Å². The highest BCUT2D eigenvalue weighted by Gasteiger charge is 2.02. The number of hydrogen-bond acceptors (Lipinski definition) is 2. The van der Waals surface area contributed by atoms with Crippen molar-refractivity contribution in [2.75, 3.05) is 0 Å². The number of aryl methyl sites for hydroxylation is 1. The van der Waals surface area contributed by atoms with E-state index in [9.17, 15) is 4.79 Å². The van der Waals surface area contributed by atoms with E-state index in [1.54, 1.807) is 6.92 Å². The van der Waals surface area contributed by atoms with Gasteiger partial charge < -0.3 is 4.79 Å². The van der Waals surface area contributed by atoms with Crippen molar-refractivity contribution in [3.05, 3.63) is 18.0 Å². The van der Waals surface area contributed by atoms with Gasteiger partial charge in [0.25, 0.3) is 0 Å². The van der Waals surface area contributed by atoms with Crippen LogP contribution in [0.2, 0.25) is 0 Å². The third-order valence-corrected chi connectivity index (χ3v) is 1.95. The van der Waals surface area contributed by atoms with Gasteiger partial charge in [-0.15, -0.1) is 0 Å². The summed E-state index contributed by atoms with van der Waals surface area (Å²) in [7, 11) is 0. The minimum Gasteiger partial charge on any atom is -0.300 e.